The topological polar surface area (TPSA) is 56.7 Å². The van der Waals surface area contributed by atoms with Crippen molar-refractivity contribution in [2.75, 3.05) is 0 Å². The Morgan fingerprint density at radius 2 is 2.24 bits per heavy atom. The molecule has 0 fully saturated rings. The lowest BCUT2D eigenvalue weighted by Gasteiger charge is -2.02. The molecule has 0 atom stereocenters. The molecule has 0 aliphatic rings. The van der Waals surface area contributed by atoms with Gasteiger partial charge in [-0.1, -0.05) is 23.9 Å². The Morgan fingerprint density at radius 3 is 2.88 bits per heavy atom. The fraction of sp³-hybridized carbons (Fsp3) is 0.273. The fourth-order valence-corrected chi connectivity index (χ4v) is 2.30. The number of aromatic nitrogens is 3. The highest BCUT2D eigenvalue weighted by Gasteiger charge is 2.07. The lowest BCUT2D eigenvalue weighted by atomic mass is 10.2. The van der Waals surface area contributed by atoms with E-state index in [0.717, 1.165) is 16.5 Å². The molecule has 1 heterocycles. The van der Waals surface area contributed by atoms with Crippen molar-refractivity contribution in [3.63, 3.8) is 0 Å². The lowest BCUT2D eigenvalue weighted by Crippen LogP contribution is -2.05. The van der Waals surface area contributed by atoms with Crippen molar-refractivity contribution < 1.29 is 4.39 Å². The second-order valence-corrected chi connectivity index (χ2v) is 4.52. The van der Waals surface area contributed by atoms with E-state index in [1.165, 1.54) is 23.9 Å². The number of nitrogens with zero attached hydrogens (tertiary/aromatic N) is 3. The zero-order valence-corrected chi connectivity index (χ0v) is 10.2. The normalized spacial score (nSPS) is 10.8. The average molecular weight is 252 g/mol. The number of hydrogen-bond donors (Lipinski definition) is 1. The zero-order valence-electron chi connectivity index (χ0n) is 9.43. The van der Waals surface area contributed by atoms with Crippen LogP contribution in [0.5, 0.6) is 0 Å². The number of halogens is 1. The largest absolute Gasteiger partial charge is 0.324 e. The molecule has 4 nitrogen and oxygen atoms in total. The monoisotopic (exact) mass is 252 g/mol. The molecule has 1 aromatic heterocycles. The van der Waals surface area contributed by atoms with Crippen LogP contribution in [0.1, 0.15) is 11.4 Å². The Morgan fingerprint density at radius 1 is 1.41 bits per heavy atom. The summed E-state index contributed by atoms with van der Waals surface area (Å²) in [6.45, 7) is 0.365. The quantitative estimate of drug-likeness (QED) is 0.842. The first kappa shape index (κ1) is 12.1. The first-order chi connectivity index (χ1) is 8.20. The molecule has 0 amide bonds. The summed E-state index contributed by atoms with van der Waals surface area (Å²) in [5, 5.41) is 8.77. The van der Waals surface area contributed by atoms with Crippen LogP contribution in [0.25, 0.3) is 0 Å². The summed E-state index contributed by atoms with van der Waals surface area (Å²) in [7, 11) is 1.87. The molecule has 2 N–H and O–H groups in total. The molecular formula is C11H13FN4S. The van der Waals surface area contributed by atoms with Gasteiger partial charge in [-0.15, -0.1) is 10.2 Å². The van der Waals surface area contributed by atoms with Crippen LogP contribution in [0.2, 0.25) is 0 Å². The lowest BCUT2D eigenvalue weighted by molar-refractivity contribution is 0.626. The number of benzene rings is 1. The second-order valence-electron chi connectivity index (χ2n) is 3.58. The molecular weight excluding hydrogens is 239 g/mol. The molecule has 90 valence electrons. The van der Waals surface area contributed by atoms with Gasteiger partial charge in [0.15, 0.2) is 5.16 Å². The number of nitrogens with two attached hydrogens (primary N) is 1. The van der Waals surface area contributed by atoms with Gasteiger partial charge in [0.05, 0.1) is 6.54 Å². The zero-order chi connectivity index (χ0) is 12.3. The van der Waals surface area contributed by atoms with Gasteiger partial charge in [-0.2, -0.15) is 0 Å². The molecule has 0 bridgehead atoms. The van der Waals surface area contributed by atoms with Crippen molar-refractivity contribution >= 4 is 11.8 Å². The maximum Gasteiger partial charge on any atom is 0.191 e. The van der Waals surface area contributed by atoms with Crippen LogP contribution in [0.3, 0.4) is 0 Å². The van der Waals surface area contributed by atoms with Crippen molar-refractivity contribution in [2.24, 2.45) is 12.8 Å². The van der Waals surface area contributed by atoms with E-state index in [-0.39, 0.29) is 5.82 Å². The Bertz CT molecular complexity index is 512. The predicted octanol–water partition coefficient (Wildman–Crippen LogP) is 1.71. The Kier molecular flexibility index (Phi) is 3.75. The SMILES string of the molecule is Cn1c(CN)nnc1SCc1cccc(F)c1. The molecule has 0 aliphatic heterocycles. The molecule has 0 radical (unpaired) electrons. The van der Waals surface area contributed by atoms with Crippen LogP contribution in [-0.2, 0) is 19.3 Å². The van der Waals surface area contributed by atoms with Gasteiger partial charge in [-0.25, -0.2) is 4.39 Å². The predicted molar refractivity (Wildman–Crippen MR) is 64.9 cm³/mol. The molecule has 0 spiro atoms. The highest BCUT2D eigenvalue weighted by atomic mass is 32.2. The van der Waals surface area contributed by atoms with Crippen LogP contribution < -0.4 is 5.73 Å². The summed E-state index contributed by atoms with van der Waals surface area (Å²) < 4.78 is 14.8. The fourth-order valence-electron chi connectivity index (χ4n) is 1.42. The van der Waals surface area contributed by atoms with Crippen molar-refractivity contribution in [3.8, 4) is 0 Å². The van der Waals surface area contributed by atoms with Crippen molar-refractivity contribution in [3.05, 3.63) is 41.5 Å². The van der Waals surface area contributed by atoms with E-state index in [2.05, 4.69) is 10.2 Å². The van der Waals surface area contributed by atoms with Gasteiger partial charge >= 0.3 is 0 Å². The molecule has 0 saturated heterocycles. The van der Waals surface area contributed by atoms with Gasteiger partial charge in [0.25, 0.3) is 0 Å². The van der Waals surface area contributed by atoms with Crippen molar-refractivity contribution in [1.82, 2.24) is 14.8 Å². The Hall–Kier alpha value is -1.40. The van der Waals surface area contributed by atoms with E-state index in [1.54, 1.807) is 6.07 Å². The molecule has 2 rings (SSSR count). The van der Waals surface area contributed by atoms with Gasteiger partial charge in [-0.05, 0) is 17.7 Å². The Balaban J connectivity index is 2.05. The molecule has 17 heavy (non-hydrogen) atoms. The van der Waals surface area contributed by atoms with Gasteiger partial charge < -0.3 is 10.3 Å². The number of rotatable bonds is 4. The first-order valence-corrected chi connectivity index (χ1v) is 6.15. The summed E-state index contributed by atoms with van der Waals surface area (Å²) in [6, 6.07) is 6.54. The highest BCUT2D eigenvalue weighted by Crippen LogP contribution is 2.21. The van der Waals surface area contributed by atoms with E-state index < -0.39 is 0 Å². The number of thioether (sulfide) groups is 1. The van der Waals surface area contributed by atoms with Crippen LogP contribution in [0, 0.1) is 5.82 Å². The molecule has 1 aromatic carbocycles. The molecule has 0 saturated carbocycles. The minimum absolute atomic E-state index is 0.219. The molecule has 6 heteroatoms. The standard InChI is InChI=1S/C11H13FN4S/c1-16-10(6-13)14-15-11(16)17-7-8-3-2-4-9(12)5-8/h2-5H,6-7,13H2,1H3. The maximum atomic E-state index is 13.0. The Labute approximate surface area is 103 Å². The minimum Gasteiger partial charge on any atom is -0.324 e. The van der Waals surface area contributed by atoms with Gasteiger partial charge in [-0.3, -0.25) is 0 Å². The van der Waals surface area contributed by atoms with Crippen LogP contribution in [0.4, 0.5) is 4.39 Å². The molecule has 0 unspecified atom stereocenters. The van der Waals surface area contributed by atoms with E-state index >= 15 is 0 Å². The van der Waals surface area contributed by atoms with Crippen LogP contribution >= 0.6 is 11.8 Å². The van der Waals surface area contributed by atoms with Crippen LogP contribution in [-0.4, -0.2) is 14.8 Å². The van der Waals surface area contributed by atoms with Gasteiger partial charge in [0, 0.05) is 12.8 Å². The smallest absolute Gasteiger partial charge is 0.191 e. The first-order valence-electron chi connectivity index (χ1n) is 5.16. The minimum atomic E-state index is -0.219. The average Bonchev–Trinajstić information content (AvgIpc) is 2.67. The van der Waals surface area contributed by atoms with E-state index in [1.807, 2.05) is 17.7 Å². The van der Waals surface area contributed by atoms with Gasteiger partial charge in [0.2, 0.25) is 0 Å². The number of hydrogen-bond acceptors (Lipinski definition) is 4. The van der Waals surface area contributed by atoms with E-state index in [4.69, 9.17) is 5.73 Å². The summed E-state index contributed by atoms with van der Waals surface area (Å²) in [5.74, 6) is 1.18. The second kappa shape index (κ2) is 5.29. The van der Waals surface area contributed by atoms with Crippen molar-refractivity contribution in [1.29, 1.82) is 0 Å². The maximum absolute atomic E-state index is 13.0. The van der Waals surface area contributed by atoms with E-state index in [9.17, 15) is 4.39 Å². The molecule has 0 aliphatic carbocycles. The third kappa shape index (κ3) is 2.83. The highest BCUT2D eigenvalue weighted by molar-refractivity contribution is 7.98. The third-order valence-corrected chi connectivity index (χ3v) is 3.46. The summed E-state index contributed by atoms with van der Waals surface area (Å²) >= 11 is 1.51. The van der Waals surface area contributed by atoms with Crippen LogP contribution in [0.15, 0.2) is 29.4 Å². The summed E-state index contributed by atoms with van der Waals surface area (Å²) in [4.78, 5) is 0. The van der Waals surface area contributed by atoms with Gasteiger partial charge in [0.1, 0.15) is 11.6 Å². The van der Waals surface area contributed by atoms with E-state index in [0.29, 0.717) is 12.3 Å². The summed E-state index contributed by atoms with van der Waals surface area (Å²) in [6.07, 6.45) is 0. The summed E-state index contributed by atoms with van der Waals surface area (Å²) in [5.41, 5.74) is 6.43. The van der Waals surface area contributed by atoms with Crippen molar-refractivity contribution in [2.45, 2.75) is 17.5 Å². The molecule has 2 aromatic rings. The third-order valence-electron chi connectivity index (χ3n) is 2.36.